The van der Waals surface area contributed by atoms with Crippen LogP contribution in [0.25, 0.3) is 0 Å². The van der Waals surface area contributed by atoms with Crippen molar-refractivity contribution in [3.05, 3.63) is 0 Å². The van der Waals surface area contributed by atoms with Crippen LogP contribution < -0.4 is 0 Å². The van der Waals surface area contributed by atoms with Gasteiger partial charge in [0.1, 0.15) is 0 Å². The molecule has 110 valence electrons. The molecule has 0 spiro atoms. The van der Waals surface area contributed by atoms with E-state index in [1.54, 1.807) is 0 Å². The van der Waals surface area contributed by atoms with Crippen LogP contribution in [-0.2, 0) is 9.47 Å². The van der Waals surface area contributed by atoms with Crippen LogP contribution in [0.2, 0.25) is 0 Å². The maximum atomic E-state index is 10.6. The van der Waals surface area contributed by atoms with Gasteiger partial charge in [0.25, 0.3) is 0 Å². The smallest absolute Gasteiger partial charge is 0.0905 e. The summed E-state index contributed by atoms with van der Waals surface area (Å²) in [5, 5.41) is 19.2. The lowest BCUT2D eigenvalue weighted by Gasteiger charge is -2.35. The van der Waals surface area contributed by atoms with Gasteiger partial charge in [-0.1, -0.05) is 33.6 Å². The summed E-state index contributed by atoms with van der Waals surface area (Å²) in [6.45, 7) is 7.47. The van der Waals surface area contributed by atoms with Crippen molar-refractivity contribution in [2.24, 2.45) is 0 Å². The van der Waals surface area contributed by atoms with E-state index >= 15 is 0 Å². The van der Waals surface area contributed by atoms with Gasteiger partial charge in [-0.25, -0.2) is 0 Å². The van der Waals surface area contributed by atoms with E-state index < -0.39 is 5.60 Å². The molecule has 18 heavy (non-hydrogen) atoms. The summed E-state index contributed by atoms with van der Waals surface area (Å²) < 4.78 is 10.9. The zero-order valence-electron chi connectivity index (χ0n) is 12.2. The highest BCUT2D eigenvalue weighted by molar-refractivity contribution is 4.85. The molecule has 0 aromatic carbocycles. The van der Waals surface area contributed by atoms with Crippen molar-refractivity contribution in [1.29, 1.82) is 0 Å². The van der Waals surface area contributed by atoms with E-state index in [9.17, 15) is 5.11 Å². The predicted octanol–water partition coefficient (Wildman–Crippen LogP) is 2.12. The molecule has 0 saturated heterocycles. The molecule has 0 aromatic rings. The Morgan fingerprint density at radius 3 is 2.33 bits per heavy atom. The van der Waals surface area contributed by atoms with E-state index in [1.807, 2.05) is 13.8 Å². The van der Waals surface area contributed by atoms with Crippen LogP contribution in [-0.4, -0.2) is 48.3 Å². The van der Waals surface area contributed by atoms with Gasteiger partial charge in [0.2, 0.25) is 0 Å². The Labute approximate surface area is 111 Å². The molecular formula is C14H30O4. The first kappa shape index (κ1) is 17.8. The molecule has 0 rings (SSSR count). The average Bonchev–Trinajstić information content (AvgIpc) is 2.40. The zero-order chi connectivity index (χ0) is 13.9. The Morgan fingerprint density at radius 1 is 1.11 bits per heavy atom. The molecule has 2 atom stereocenters. The van der Waals surface area contributed by atoms with Gasteiger partial charge < -0.3 is 19.7 Å². The fourth-order valence-corrected chi connectivity index (χ4v) is 2.12. The minimum absolute atomic E-state index is 0.0343. The molecule has 0 aliphatic rings. The molecule has 0 aliphatic heterocycles. The van der Waals surface area contributed by atoms with Crippen LogP contribution in [0.4, 0.5) is 0 Å². The molecule has 0 radical (unpaired) electrons. The summed E-state index contributed by atoms with van der Waals surface area (Å²) in [4.78, 5) is 0. The van der Waals surface area contributed by atoms with Crippen molar-refractivity contribution < 1.29 is 19.7 Å². The SMILES string of the molecule is CCCCC(O)(CC)C(CC)OCCOCCO. The molecule has 4 heteroatoms. The first-order valence-corrected chi connectivity index (χ1v) is 7.17. The number of unbranched alkanes of at least 4 members (excludes halogenated alkanes) is 1. The molecule has 0 heterocycles. The largest absolute Gasteiger partial charge is 0.394 e. The predicted molar refractivity (Wildman–Crippen MR) is 72.7 cm³/mol. The zero-order valence-corrected chi connectivity index (χ0v) is 12.2. The van der Waals surface area contributed by atoms with Crippen LogP contribution >= 0.6 is 0 Å². The minimum atomic E-state index is -0.720. The second-order valence-corrected chi connectivity index (χ2v) is 4.66. The maximum Gasteiger partial charge on any atom is 0.0905 e. The quantitative estimate of drug-likeness (QED) is 0.529. The van der Waals surface area contributed by atoms with Crippen LogP contribution in [0.15, 0.2) is 0 Å². The summed E-state index contributed by atoms with van der Waals surface area (Å²) >= 11 is 0. The third kappa shape index (κ3) is 6.69. The summed E-state index contributed by atoms with van der Waals surface area (Å²) in [7, 11) is 0. The van der Waals surface area contributed by atoms with Crippen molar-refractivity contribution in [3.63, 3.8) is 0 Å². The van der Waals surface area contributed by atoms with Crippen molar-refractivity contribution in [3.8, 4) is 0 Å². The third-order valence-electron chi connectivity index (χ3n) is 3.33. The van der Waals surface area contributed by atoms with Gasteiger partial charge in [-0.3, -0.25) is 0 Å². The van der Waals surface area contributed by atoms with E-state index in [2.05, 4.69) is 6.92 Å². The van der Waals surface area contributed by atoms with Gasteiger partial charge in [-0.2, -0.15) is 0 Å². The van der Waals surface area contributed by atoms with Gasteiger partial charge in [0, 0.05) is 0 Å². The molecule has 0 fully saturated rings. The van der Waals surface area contributed by atoms with Gasteiger partial charge in [-0.05, 0) is 19.3 Å². The molecule has 0 bridgehead atoms. The highest BCUT2D eigenvalue weighted by Crippen LogP contribution is 2.26. The second kappa shape index (κ2) is 10.7. The minimum Gasteiger partial charge on any atom is -0.394 e. The molecule has 4 nitrogen and oxygen atoms in total. The summed E-state index contributed by atoms with van der Waals surface area (Å²) in [5.41, 5.74) is -0.720. The van der Waals surface area contributed by atoms with Gasteiger partial charge in [0.05, 0.1) is 38.1 Å². The number of ether oxygens (including phenoxy) is 2. The monoisotopic (exact) mass is 262 g/mol. The summed E-state index contributed by atoms with van der Waals surface area (Å²) in [6.07, 6.45) is 4.27. The number of aliphatic hydroxyl groups is 2. The lowest BCUT2D eigenvalue weighted by molar-refractivity contribution is -0.125. The maximum absolute atomic E-state index is 10.6. The van der Waals surface area contributed by atoms with Crippen LogP contribution in [0.1, 0.15) is 52.9 Å². The Balaban J connectivity index is 4.08. The topological polar surface area (TPSA) is 58.9 Å². The molecule has 0 amide bonds. The standard InChI is InChI=1S/C14H30O4/c1-4-7-8-14(16,6-3)13(5-2)18-12-11-17-10-9-15/h13,15-16H,4-12H2,1-3H3. The number of aliphatic hydroxyl groups excluding tert-OH is 1. The van der Waals surface area contributed by atoms with E-state index in [0.717, 1.165) is 25.7 Å². The second-order valence-electron chi connectivity index (χ2n) is 4.66. The molecule has 2 N–H and O–H groups in total. The summed E-state index contributed by atoms with van der Waals surface area (Å²) in [5.74, 6) is 0. The molecule has 0 aliphatic carbocycles. The van der Waals surface area contributed by atoms with Gasteiger partial charge in [0.15, 0.2) is 0 Å². The lowest BCUT2D eigenvalue weighted by Crippen LogP contribution is -2.43. The van der Waals surface area contributed by atoms with Crippen LogP contribution in [0.3, 0.4) is 0 Å². The molecule has 0 saturated carbocycles. The Kier molecular flexibility index (Phi) is 10.6. The van der Waals surface area contributed by atoms with Gasteiger partial charge in [-0.15, -0.1) is 0 Å². The van der Waals surface area contributed by atoms with E-state index in [4.69, 9.17) is 14.6 Å². The van der Waals surface area contributed by atoms with Crippen molar-refractivity contribution in [2.75, 3.05) is 26.4 Å². The normalized spacial score (nSPS) is 16.5. The highest BCUT2D eigenvalue weighted by atomic mass is 16.5. The number of hydrogen-bond acceptors (Lipinski definition) is 4. The van der Waals surface area contributed by atoms with Crippen molar-refractivity contribution in [2.45, 2.75) is 64.6 Å². The van der Waals surface area contributed by atoms with E-state index in [1.165, 1.54) is 0 Å². The van der Waals surface area contributed by atoms with Gasteiger partial charge >= 0.3 is 0 Å². The van der Waals surface area contributed by atoms with E-state index in [-0.39, 0.29) is 12.7 Å². The fraction of sp³-hybridized carbons (Fsp3) is 1.00. The first-order chi connectivity index (χ1) is 8.64. The number of rotatable bonds is 12. The Hall–Kier alpha value is -0.160. The molecule has 0 aromatic heterocycles. The Bertz CT molecular complexity index is 187. The van der Waals surface area contributed by atoms with Crippen LogP contribution in [0, 0.1) is 0 Å². The third-order valence-corrected chi connectivity index (χ3v) is 3.33. The molecule has 2 unspecified atom stereocenters. The fourth-order valence-electron chi connectivity index (χ4n) is 2.12. The van der Waals surface area contributed by atoms with Crippen LogP contribution in [0.5, 0.6) is 0 Å². The highest BCUT2D eigenvalue weighted by Gasteiger charge is 2.33. The number of hydrogen-bond donors (Lipinski definition) is 2. The average molecular weight is 262 g/mol. The van der Waals surface area contributed by atoms with E-state index in [0.29, 0.717) is 26.2 Å². The van der Waals surface area contributed by atoms with Crippen molar-refractivity contribution in [1.82, 2.24) is 0 Å². The first-order valence-electron chi connectivity index (χ1n) is 7.17. The summed E-state index contributed by atoms with van der Waals surface area (Å²) in [6, 6.07) is 0. The van der Waals surface area contributed by atoms with Crippen molar-refractivity contribution >= 4 is 0 Å². The Morgan fingerprint density at radius 2 is 1.83 bits per heavy atom. The molecular weight excluding hydrogens is 232 g/mol. The lowest BCUT2D eigenvalue weighted by atomic mass is 9.86.